The van der Waals surface area contributed by atoms with E-state index in [4.69, 9.17) is 14.6 Å². The molecule has 2 rings (SSSR count). The number of hydrogen-bond donors (Lipinski definition) is 2. The number of carboxylic acid groups (broad SMARTS) is 1. The Balaban J connectivity index is 1.74. The van der Waals surface area contributed by atoms with Gasteiger partial charge in [-0.25, -0.2) is 0 Å². The summed E-state index contributed by atoms with van der Waals surface area (Å²) in [5, 5.41) is 11.6. The van der Waals surface area contributed by atoms with Crippen LogP contribution in [-0.2, 0) is 20.7 Å². The molecule has 6 heteroatoms. The van der Waals surface area contributed by atoms with Crippen LogP contribution in [0.4, 0.5) is 0 Å². The maximum absolute atomic E-state index is 11.7. The highest BCUT2D eigenvalue weighted by molar-refractivity contribution is 5.77. The normalized spacial score (nSPS) is 15.4. The highest BCUT2D eigenvalue weighted by atomic mass is 16.5. The van der Waals surface area contributed by atoms with Gasteiger partial charge >= 0.3 is 5.97 Å². The standard InChI is InChI=1S/C15H19NO5/c17-14(16-12-5-7-20-8-6-12)10-21-13-3-1-11(2-4-13)9-15(18)19/h1-4,12H,5-10H2,(H,16,17)(H,18,19). The van der Waals surface area contributed by atoms with Crippen molar-refractivity contribution in [1.29, 1.82) is 0 Å². The van der Waals surface area contributed by atoms with Crippen molar-refractivity contribution in [1.82, 2.24) is 5.32 Å². The largest absolute Gasteiger partial charge is 0.484 e. The molecule has 1 aromatic rings. The van der Waals surface area contributed by atoms with Gasteiger partial charge in [0.05, 0.1) is 6.42 Å². The van der Waals surface area contributed by atoms with Crippen LogP contribution in [-0.4, -0.2) is 42.8 Å². The van der Waals surface area contributed by atoms with Gasteiger partial charge in [0.25, 0.3) is 5.91 Å². The van der Waals surface area contributed by atoms with E-state index in [0.717, 1.165) is 12.8 Å². The molecule has 0 spiro atoms. The Morgan fingerprint density at radius 2 is 1.90 bits per heavy atom. The van der Waals surface area contributed by atoms with Crippen LogP contribution in [0.5, 0.6) is 5.75 Å². The number of rotatable bonds is 6. The SMILES string of the molecule is O=C(O)Cc1ccc(OCC(=O)NC2CCOCC2)cc1. The van der Waals surface area contributed by atoms with Gasteiger partial charge in [-0.2, -0.15) is 0 Å². The number of aliphatic carboxylic acids is 1. The molecule has 1 amide bonds. The number of benzene rings is 1. The third-order valence-corrected chi connectivity index (χ3v) is 3.24. The number of amides is 1. The van der Waals surface area contributed by atoms with Crippen molar-refractivity contribution in [2.24, 2.45) is 0 Å². The van der Waals surface area contributed by atoms with E-state index >= 15 is 0 Å². The molecule has 0 aliphatic carbocycles. The van der Waals surface area contributed by atoms with Gasteiger partial charge in [0, 0.05) is 19.3 Å². The Morgan fingerprint density at radius 1 is 1.24 bits per heavy atom. The van der Waals surface area contributed by atoms with E-state index in [0.29, 0.717) is 24.5 Å². The summed E-state index contributed by atoms with van der Waals surface area (Å²) < 4.78 is 10.6. The van der Waals surface area contributed by atoms with Gasteiger partial charge in [0.15, 0.2) is 6.61 Å². The topological polar surface area (TPSA) is 84.9 Å². The molecule has 0 unspecified atom stereocenters. The summed E-state index contributed by atoms with van der Waals surface area (Å²) in [7, 11) is 0. The van der Waals surface area contributed by atoms with Crippen LogP contribution in [0.15, 0.2) is 24.3 Å². The fourth-order valence-corrected chi connectivity index (χ4v) is 2.14. The maximum Gasteiger partial charge on any atom is 0.307 e. The second-order valence-corrected chi connectivity index (χ2v) is 4.96. The molecule has 6 nitrogen and oxygen atoms in total. The van der Waals surface area contributed by atoms with E-state index in [2.05, 4.69) is 5.32 Å². The summed E-state index contributed by atoms with van der Waals surface area (Å²) in [5.74, 6) is -0.484. The molecule has 0 bridgehead atoms. The molecule has 1 fully saturated rings. The third kappa shape index (κ3) is 5.43. The van der Waals surface area contributed by atoms with Crippen molar-refractivity contribution in [2.75, 3.05) is 19.8 Å². The van der Waals surface area contributed by atoms with Crippen LogP contribution in [0.1, 0.15) is 18.4 Å². The Kier molecular flexibility index (Phi) is 5.57. The Labute approximate surface area is 123 Å². The molecule has 0 radical (unpaired) electrons. The van der Waals surface area contributed by atoms with Gasteiger partial charge in [-0.3, -0.25) is 9.59 Å². The van der Waals surface area contributed by atoms with Crippen LogP contribution in [0, 0.1) is 0 Å². The molecular weight excluding hydrogens is 274 g/mol. The first-order valence-corrected chi connectivity index (χ1v) is 6.94. The highest BCUT2D eigenvalue weighted by Gasteiger charge is 2.16. The molecule has 0 aromatic heterocycles. The van der Waals surface area contributed by atoms with E-state index in [1.807, 2.05) is 0 Å². The average molecular weight is 293 g/mol. The van der Waals surface area contributed by atoms with E-state index < -0.39 is 5.97 Å². The zero-order valence-electron chi connectivity index (χ0n) is 11.7. The number of carbonyl (C=O) groups is 2. The van der Waals surface area contributed by atoms with Gasteiger partial charge in [0.2, 0.25) is 0 Å². The minimum absolute atomic E-state index is 0.0233. The summed E-state index contributed by atoms with van der Waals surface area (Å²) in [6.45, 7) is 1.31. The van der Waals surface area contributed by atoms with Crippen LogP contribution in [0.25, 0.3) is 0 Å². The number of carbonyl (C=O) groups excluding carboxylic acids is 1. The second-order valence-electron chi connectivity index (χ2n) is 4.96. The lowest BCUT2D eigenvalue weighted by atomic mass is 10.1. The zero-order valence-corrected chi connectivity index (χ0v) is 11.7. The second kappa shape index (κ2) is 7.64. The minimum Gasteiger partial charge on any atom is -0.484 e. The van der Waals surface area contributed by atoms with Crippen LogP contribution in [0.2, 0.25) is 0 Å². The number of carboxylic acids is 1. The maximum atomic E-state index is 11.7. The van der Waals surface area contributed by atoms with Crippen molar-refractivity contribution in [3.63, 3.8) is 0 Å². The van der Waals surface area contributed by atoms with Gasteiger partial charge in [-0.15, -0.1) is 0 Å². The van der Waals surface area contributed by atoms with E-state index in [1.165, 1.54) is 0 Å². The average Bonchev–Trinajstić information content (AvgIpc) is 2.47. The molecule has 21 heavy (non-hydrogen) atoms. The Bertz CT molecular complexity index is 479. The van der Waals surface area contributed by atoms with Gasteiger partial charge in [0.1, 0.15) is 5.75 Å². The lowest BCUT2D eigenvalue weighted by Crippen LogP contribution is -2.41. The van der Waals surface area contributed by atoms with E-state index in [1.54, 1.807) is 24.3 Å². The van der Waals surface area contributed by atoms with Gasteiger partial charge in [-0.05, 0) is 30.5 Å². The van der Waals surface area contributed by atoms with Crippen molar-refractivity contribution in [2.45, 2.75) is 25.3 Å². The van der Waals surface area contributed by atoms with Crippen LogP contribution < -0.4 is 10.1 Å². The van der Waals surface area contributed by atoms with Crippen LogP contribution >= 0.6 is 0 Å². The first-order chi connectivity index (χ1) is 10.1. The highest BCUT2D eigenvalue weighted by Crippen LogP contribution is 2.12. The molecule has 0 atom stereocenters. The quantitative estimate of drug-likeness (QED) is 0.817. The molecule has 1 aliphatic heterocycles. The lowest BCUT2D eigenvalue weighted by molar-refractivity contribution is -0.136. The van der Waals surface area contributed by atoms with E-state index in [-0.39, 0.29) is 25.0 Å². The van der Waals surface area contributed by atoms with Gasteiger partial charge in [-0.1, -0.05) is 12.1 Å². The van der Waals surface area contributed by atoms with Crippen molar-refractivity contribution in [3.8, 4) is 5.75 Å². The van der Waals surface area contributed by atoms with E-state index in [9.17, 15) is 9.59 Å². The van der Waals surface area contributed by atoms with Crippen LogP contribution in [0.3, 0.4) is 0 Å². The van der Waals surface area contributed by atoms with Crippen molar-refractivity contribution >= 4 is 11.9 Å². The molecule has 1 saturated heterocycles. The summed E-state index contributed by atoms with van der Waals surface area (Å²) in [4.78, 5) is 22.3. The number of nitrogens with one attached hydrogen (secondary N) is 1. The third-order valence-electron chi connectivity index (χ3n) is 3.24. The molecule has 1 aliphatic rings. The van der Waals surface area contributed by atoms with Crippen molar-refractivity contribution < 1.29 is 24.2 Å². The fourth-order valence-electron chi connectivity index (χ4n) is 2.14. The first kappa shape index (κ1) is 15.3. The molecule has 1 aromatic carbocycles. The summed E-state index contributed by atoms with van der Waals surface area (Å²) in [5.41, 5.74) is 0.696. The predicted molar refractivity (Wildman–Crippen MR) is 75.3 cm³/mol. The minimum atomic E-state index is -0.875. The van der Waals surface area contributed by atoms with Crippen molar-refractivity contribution in [3.05, 3.63) is 29.8 Å². The molecule has 114 valence electrons. The van der Waals surface area contributed by atoms with Gasteiger partial charge < -0.3 is 19.9 Å². The monoisotopic (exact) mass is 293 g/mol. The summed E-state index contributed by atoms with van der Waals surface area (Å²) in [6, 6.07) is 6.85. The summed E-state index contributed by atoms with van der Waals surface area (Å²) >= 11 is 0. The fraction of sp³-hybridized carbons (Fsp3) is 0.467. The smallest absolute Gasteiger partial charge is 0.307 e. The molecule has 2 N–H and O–H groups in total. The molecular formula is C15H19NO5. The zero-order chi connectivity index (χ0) is 15.1. The lowest BCUT2D eigenvalue weighted by Gasteiger charge is -2.23. The molecule has 1 heterocycles. The first-order valence-electron chi connectivity index (χ1n) is 6.94. The summed E-state index contributed by atoms with van der Waals surface area (Å²) in [6.07, 6.45) is 1.63. The molecule has 0 saturated carbocycles. The Morgan fingerprint density at radius 3 is 2.52 bits per heavy atom. The Hall–Kier alpha value is -2.08. The predicted octanol–water partition coefficient (Wildman–Crippen LogP) is 0.988. The number of hydrogen-bond acceptors (Lipinski definition) is 4. The number of ether oxygens (including phenoxy) is 2.